The van der Waals surface area contributed by atoms with Crippen LogP contribution in [-0.4, -0.2) is 41.0 Å². The van der Waals surface area contributed by atoms with Crippen molar-refractivity contribution in [3.63, 3.8) is 0 Å². The van der Waals surface area contributed by atoms with E-state index in [9.17, 15) is 0 Å². The van der Waals surface area contributed by atoms with Gasteiger partial charge in [-0.25, -0.2) is 4.98 Å². The maximum absolute atomic E-state index is 4.50. The predicted octanol–water partition coefficient (Wildman–Crippen LogP) is 4.04. The number of aromatic nitrogens is 2. The number of benzene rings is 1. The Morgan fingerprint density at radius 3 is 2.73 bits per heavy atom. The second-order valence-electron chi connectivity index (χ2n) is 7.39. The lowest BCUT2D eigenvalue weighted by Gasteiger charge is -2.25. The third-order valence-electron chi connectivity index (χ3n) is 5.74. The van der Waals surface area contributed by atoms with Crippen LogP contribution in [0, 0.1) is 5.41 Å². The first-order valence-corrected chi connectivity index (χ1v) is 9.33. The summed E-state index contributed by atoms with van der Waals surface area (Å²) >= 11 is 0. The van der Waals surface area contributed by atoms with Gasteiger partial charge in [-0.2, -0.15) is 0 Å². The fourth-order valence-electron chi connectivity index (χ4n) is 4.36. The summed E-state index contributed by atoms with van der Waals surface area (Å²) in [4.78, 5) is 14.8. The molecule has 2 N–H and O–H groups in total. The Morgan fingerprint density at radius 2 is 2.00 bits per heavy atom. The van der Waals surface area contributed by atoms with Gasteiger partial charge in [0.25, 0.3) is 0 Å². The smallest absolute Gasteiger partial charge is 0.194 e. The van der Waals surface area contributed by atoms with Gasteiger partial charge in [-0.3, -0.25) is 4.99 Å². The van der Waals surface area contributed by atoms with E-state index < -0.39 is 0 Å². The largest absolute Gasteiger partial charge is 0.349 e. The minimum atomic E-state index is 0. The number of nitrogens with one attached hydrogen (secondary N) is 2. The number of rotatable bonds is 3. The van der Waals surface area contributed by atoms with E-state index in [1.54, 1.807) is 0 Å². The summed E-state index contributed by atoms with van der Waals surface area (Å²) in [6.45, 7) is 2.94. The van der Waals surface area contributed by atoms with Gasteiger partial charge in [0.2, 0.25) is 0 Å². The Kier molecular flexibility index (Phi) is 6.21. The number of H-pyrrole nitrogens is 1. The van der Waals surface area contributed by atoms with Crippen molar-refractivity contribution in [1.29, 1.82) is 0 Å². The van der Waals surface area contributed by atoms with Gasteiger partial charge in [-0.15, -0.1) is 24.0 Å². The molecule has 1 aliphatic carbocycles. The molecule has 1 aromatic carbocycles. The highest BCUT2D eigenvalue weighted by Crippen LogP contribution is 2.45. The summed E-state index contributed by atoms with van der Waals surface area (Å²) in [7, 11) is 1.87. The molecule has 0 unspecified atom stereocenters. The van der Waals surface area contributed by atoms with Crippen LogP contribution in [-0.2, 0) is 6.54 Å². The van der Waals surface area contributed by atoms with E-state index in [1.807, 2.05) is 31.4 Å². The number of likely N-dealkylation sites (tertiary alicyclic amines) is 1. The van der Waals surface area contributed by atoms with E-state index in [0.29, 0.717) is 12.0 Å². The molecule has 2 heterocycles. The van der Waals surface area contributed by atoms with Crippen molar-refractivity contribution in [1.82, 2.24) is 20.2 Å². The second kappa shape index (κ2) is 8.41. The number of guanidine groups is 1. The maximum atomic E-state index is 4.50. The lowest BCUT2D eigenvalue weighted by atomic mass is 9.86. The normalized spacial score (nSPS) is 19.0. The lowest BCUT2D eigenvalue weighted by Crippen LogP contribution is -2.40. The van der Waals surface area contributed by atoms with Gasteiger partial charge >= 0.3 is 0 Å². The fraction of sp³-hybridized carbons (Fsp3) is 0.500. The van der Waals surface area contributed by atoms with Crippen molar-refractivity contribution < 1.29 is 0 Å². The zero-order valence-corrected chi connectivity index (χ0v) is 17.7. The molecule has 2 aromatic rings. The van der Waals surface area contributed by atoms with Crippen molar-refractivity contribution in [3.8, 4) is 11.3 Å². The van der Waals surface area contributed by atoms with E-state index in [1.165, 1.54) is 32.1 Å². The number of imidazole rings is 1. The van der Waals surface area contributed by atoms with Crippen molar-refractivity contribution in [3.05, 3.63) is 42.4 Å². The maximum Gasteiger partial charge on any atom is 0.194 e. The van der Waals surface area contributed by atoms with Crippen LogP contribution in [0.1, 0.15) is 37.9 Å². The molecule has 26 heavy (non-hydrogen) atoms. The number of hydrogen-bond donors (Lipinski definition) is 2. The number of halogens is 1. The summed E-state index contributed by atoms with van der Waals surface area (Å²) in [5.74, 6) is 1.94. The first-order valence-electron chi connectivity index (χ1n) is 9.33. The molecule has 4 rings (SSSR count). The van der Waals surface area contributed by atoms with Crippen LogP contribution in [0.4, 0.5) is 0 Å². The molecule has 1 aromatic heterocycles. The average Bonchev–Trinajstić information content (AvgIpc) is 3.39. The van der Waals surface area contributed by atoms with Gasteiger partial charge in [-0.1, -0.05) is 43.2 Å². The van der Waals surface area contributed by atoms with Crippen LogP contribution < -0.4 is 5.32 Å². The molecule has 0 atom stereocenters. The van der Waals surface area contributed by atoms with Gasteiger partial charge < -0.3 is 15.2 Å². The first kappa shape index (κ1) is 19.2. The molecule has 0 radical (unpaired) electrons. The number of nitrogens with zero attached hydrogens (tertiary/aromatic N) is 3. The standard InChI is InChI=1S/C20H27N5.HI/c1-21-19(25-12-11-20(15-25)9-5-6-10-20)23-14-18-22-13-17(24-18)16-7-3-2-4-8-16;/h2-4,7-8,13H,5-6,9-12,14-15H2,1H3,(H,21,23)(H,22,24);1H. The van der Waals surface area contributed by atoms with Crippen molar-refractivity contribution in [2.75, 3.05) is 20.1 Å². The molecule has 2 aliphatic rings. The molecule has 1 saturated carbocycles. The zero-order chi connectivity index (χ0) is 17.1. The minimum absolute atomic E-state index is 0. The third-order valence-corrected chi connectivity index (χ3v) is 5.74. The molecule has 1 aliphatic heterocycles. The third kappa shape index (κ3) is 4.05. The molecule has 0 bridgehead atoms. The first-order chi connectivity index (χ1) is 12.3. The summed E-state index contributed by atoms with van der Waals surface area (Å²) in [6.07, 6.45) is 8.78. The van der Waals surface area contributed by atoms with Gasteiger partial charge in [0.15, 0.2) is 5.96 Å². The Morgan fingerprint density at radius 1 is 1.23 bits per heavy atom. The van der Waals surface area contributed by atoms with Crippen LogP contribution in [0.2, 0.25) is 0 Å². The van der Waals surface area contributed by atoms with Crippen LogP contribution in [0.3, 0.4) is 0 Å². The van der Waals surface area contributed by atoms with Gasteiger partial charge in [-0.05, 0) is 30.2 Å². The van der Waals surface area contributed by atoms with E-state index in [2.05, 4.69) is 37.3 Å². The van der Waals surface area contributed by atoms with Crippen molar-refractivity contribution in [2.24, 2.45) is 10.4 Å². The molecular weight excluding hydrogens is 437 g/mol. The van der Waals surface area contributed by atoms with Crippen molar-refractivity contribution in [2.45, 2.75) is 38.6 Å². The van der Waals surface area contributed by atoms with Crippen LogP contribution >= 0.6 is 24.0 Å². The summed E-state index contributed by atoms with van der Waals surface area (Å²) in [5.41, 5.74) is 2.77. The van der Waals surface area contributed by atoms with E-state index in [-0.39, 0.29) is 24.0 Å². The van der Waals surface area contributed by atoms with Crippen LogP contribution in [0.15, 0.2) is 41.5 Å². The molecule has 5 nitrogen and oxygen atoms in total. The summed E-state index contributed by atoms with van der Waals surface area (Å²) in [5, 5.41) is 3.48. The zero-order valence-electron chi connectivity index (χ0n) is 15.4. The summed E-state index contributed by atoms with van der Waals surface area (Å²) in [6, 6.07) is 10.3. The average molecular weight is 465 g/mol. The SMILES string of the molecule is CN=C(NCc1ncc(-c2ccccc2)[nH]1)N1CCC2(CCCC2)C1.I. The Balaban J connectivity index is 0.00000196. The molecule has 0 amide bonds. The van der Waals surface area contributed by atoms with Crippen LogP contribution in [0.5, 0.6) is 0 Å². The van der Waals surface area contributed by atoms with Gasteiger partial charge in [0.1, 0.15) is 5.82 Å². The summed E-state index contributed by atoms with van der Waals surface area (Å²) < 4.78 is 0. The number of aliphatic imine (C=N–C) groups is 1. The molecule has 1 spiro atoms. The molecule has 1 saturated heterocycles. The quantitative estimate of drug-likeness (QED) is 0.409. The molecule has 140 valence electrons. The number of hydrogen-bond acceptors (Lipinski definition) is 2. The Bertz CT molecular complexity index is 734. The monoisotopic (exact) mass is 465 g/mol. The topological polar surface area (TPSA) is 56.3 Å². The van der Waals surface area contributed by atoms with Gasteiger partial charge in [0.05, 0.1) is 18.4 Å². The van der Waals surface area contributed by atoms with E-state index in [4.69, 9.17) is 0 Å². The Hall–Kier alpha value is -1.57. The predicted molar refractivity (Wildman–Crippen MR) is 117 cm³/mol. The highest BCUT2D eigenvalue weighted by molar-refractivity contribution is 14.0. The molecule has 2 fully saturated rings. The Labute approximate surface area is 172 Å². The lowest BCUT2D eigenvalue weighted by molar-refractivity contribution is 0.309. The molecule has 6 heteroatoms. The minimum Gasteiger partial charge on any atom is -0.349 e. The van der Waals surface area contributed by atoms with Crippen molar-refractivity contribution >= 4 is 29.9 Å². The highest BCUT2D eigenvalue weighted by Gasteiger charge is 2.41. The number of aromatic amines is 1. The second-order valence-corrected chi connectivity index (χ2v) is 7.39. The fourth-order valence-corrected chi connectivity index (χ4v) is 4.36. The van der Waals surface area contributed by atoms with Crippen LogP contribution in [0.25, 0.3) is 11.3 Å². The van der Waals surface area contributed by atoms with E-state index in [0.717, 1.165) is 36.1 Å². The molecular formula is C20H28IN5. The van der Waals surface area contributed by atoms with Gasteiger partial charge in [0, 0.05) is 20.1 Å². The van der Waals surface area contributed by atoms with E-state index >= 15 is 0 Å². The highest BCUT2D eigenvalue weighted by atomic mass is 127.